The molecule has 0 bridgehead atoms. The van der Waals surface area contributed by atoms with E-state index >= 15 is 0 Å². The van der Waals surface area contributed by atoms with Crippen LogP contribution in [0.1, 0.15) is 77.3 Å². The maximum absolute atomic E-state index is 13.4. The second kappa shape index (κ2) is 9.20. The van der Waals surface area contributed by atoms with Crippen molar-refractivity contribution in [1.82, 2.24) is 15.2 Å². The Kier molecular flexibility index (Phi) is 6.54. The number of anilines is 1. The number of pyridine rings is 1. The predicted octanol–water partition coefficient (Wildman–Crippen LogP) is 3.25. The third-order valence-corrected chi connectivity index (χ3v) is 7.36. The maximum Gasteiger partial charge on any atom is 0.235 e. The number of imide groups is 1. The van der Waals surface area contributed by atoms with Gasteiger partial charge in [0.1, 0.15) is 0 Å². The number of hydrogen-bond acceptors (Lipinski definition) is 5. The molecule has 2 atom stereocenters. The number of piperidine rings is 3. The van der Waals surface area contributed by atoms with E-state index in [1.165, 1.54) is 6.42 Å². The van der Waals surface area contributed by atoms with Crippen LogP contribution in [0.25, 0.3) is 0 Å². The first-order valence-electron chi connectivity index (χ1n) is 12.1. The van der Waals surface area contributed by atoms with Crippen LogP contribution in [0.3, 0.4) is 0 Å². The normalized spacial score (nSPS) is 25.6. The molecule has 7 heteroatoms. The van der Waals surface area contributed by atoms with Crippen molar-refractivity contribution in [1.29, 1.82) is 0 Å². The highest BCUT2D eigenvalue weighted by molar-refractivity contribution is 6.00. The summed E-state index contributed by atoms with van der Waals surface area (Å²) in [6.45, 7) is 9.31. The minimum absolute atomic E-state index is 0.102. The van der Waals surface area contributed by atoms with Crippen LogP contribution in [0, 0.1) is 11.3 Å². The van der Waals surface area contributed by atoms with Crippen molar-refractivity contribution in [2.75, 3.05) is 24.5 Å². The van der Waals surface area contributed by atoms with E-state index in [1.807, 2.05) is 18.3 Å². The van der Waals surface area contributed by atoms with Gasteiger partial charge in [-0.25, -0.2) is 0 Å². The van der Waals surface area contributed by atoms with Crippen LogP contribution in [0.2, 0.25) is 0 Å². The molecule has 2 unspecified atom stereocenters. The van der Waals surface area contributed by atoms with Crippen LogP contribution in [0.4, 0.5) is 5.69 Å². The van der Waals surface area contributed by atoms with Crippen molar-refractivity contribution in [3.8, 4) is 0 Å². The molecule has 4 heterocycles. The average molecular weight is 441 g/mol. The van der Waals surface area contributed by atoms with E-state index < -0.39 is 0 Å². The van der Waals surface area contributed by atoms with Crippen molar-refractivity contribution < 1.29 is 14.4 Å². The molecule has 1 aromatic heterocycles. The van der Waals surface area contributed by atoms with Crippen molar-refractivity contribution in [3.05, 3.63) is 24.0 Å². The summed E-state index contributed by atoms with van der Waals surface area (Å²) in [7, 11) is 0. The SMILES string of the molecule is CC(C)(C)C1CCCCN1C(=O)C1CCN(c2ccc(C3CCC(=O)NC3=O)nc2)CC1. The highest BCUT2D eigenvalue weighted by Gasteiger charge is 2.38. The standard InChI is InChI=1S/C25H36N4O3/c1-25(2,3)21-6-4-5-13-29(21)24(32)17-11-14-28(15-12-17)18-7-9-20(26-16-18)19-8-10-22(30)27-23(19)31/h7,9,16-17,19,21H,4-6,8,10-15H2,1-3H3,(H,27,30,31). The van der Waals surface area contributed by atoms with Gasteiger partial charge in [0.15, 0.2) is 0 Å². The predicted molar refractivity (Wildman–Crippen MR) is 123 cm³/mol. The van der Waals surface area contributed by atoms with Gasteiger partial charge in [-0.05, 0) is 56.1 Å². The van der Waals surface area contributed by atoms with Crippen LogP contribution in [0.5, 0.6) is 0 Å². The maximum atomic E-state index is 13.4. The number of amides is 3. The topological polar surface area (TPSA) is 82.6 Å². The Balaban J connectivity index is 1.35. The molecular weight excluding hydrogens is 404 g/mol. The summed E-state index contributed by atoms with van der Waals surface area (Å²) in [5.41, 5.74) is 1.85. The first-order chi connectivity index (χ1) is 15.2. The van der Waals surface area contributed by atoms with E-state index in [9.17, 15) is 14.4 Å². The van der Waals surface area contributed by atoms with Crippen molar-refractivity contribution in [2.24, 2.45) is 11.3 Å². The molecule has 0 radical (unpaired) electrons. The van der Waals surface area contributed by atoms with Gasteiger partial charge in [0.05, 0.1) is 23.5 Å². The van der Waals surface area contributed by atoms with Crippen LogP contribution in [-0.4, -0.2) is 53.3 Å². The van der Waals surface area contributed by atoms with E-state index in [-0.39, 0.29) is 29.1 Å². The molecular formula is C25H36N4O3. The molecule has 4 rings (SSSR count). The molecule has 0 saturated carbocycles. The molecule has 0 aromatic carbocycles. The number of likely N-dealkylation sites (tertiary alicyclic amines) is 1. The average Bonchev–Trinajstić information content (AvgIpc) is 2.78. The summed E-state index contributed by atoms with van der Waals surface area (Å²) in [5.74, 6) is -0.378. The summed E-state index contributed by atoms with van der Waals surface area (Å²) in [4.78, 5) is 45.8. The fourth-order valence-electron chi connectivity index (χ4n) is 5.48. The molecule has 7 nitrogen and oxygen atoms in total. The highest BCUT2D eigenvalue weighted by Crippen LogP contribution is 2.34. The molecule has 32 heavy (non-hydrogen) atoms. The Morgan fingerprint density at radius 3 is 2.41 bits per heavy atom. The number of carbonyl (C=O) groups excluding carboxylic acids is 3. The van der Waals surface area contributed by atoms with Crippen molar-refractivity contribution in [2.45, 2.75) is 77.7 Å². The minimum Gasteiger partial charge on any atom is -0.370 e. The van der Waals surface area contributed by atoms with Crippen LogP contribution < -0.4 is 10.2 Å². The number of rotatable bonds is 3. The molecule has 1 aromatic rings. The number of nitrogens with one attached hydrogen (secondary N) is 1. The third-order valence-electron chi connectivity index (χ3n) is 7.36. The van der Waals surface area contributed by atoms with Gasteiger partial charge in [-0.3, -0.25) is 24.7 Å². The van der Waals surface area contributed by atoms with E-state index in [0.717, 1.165) is 51.0 Å². The largest absolute Gasteiger partial charge is 0.370 e. The van der Waals surface area contributed by atoms with E-state index in [0.29, 0.717) is 30.5 Å². The second-order valence-corrected chi connectivity index (χ2v) is 10.6. The lowest BCUT2D eigenvalue weighted by Crippen LogP contribution is -2.53. The van der Waals surface area contributed by atoms with Crippen LogP contribution in [0.15, 0.2) is 18.3 Å². The second-order valence-electron chi connectivity index (χ2n) is 10.6. The lowest BCUT2D eigenvalue weighted by atomic mass is 9.79. The summed E-state index contributed by atoms with van der Waals surface area (Å²) in [5, 5.41) is 2.40. The molecule has 1 N–H and O–H groups in total. The molecule has 174 valence electrons. The number of hydrogen-bond donors (Lipinski definition) is 1. The van der Waals surface area contributed by atoms with Crippen molar-refractivity contribution in [3.63, 3.8) is 0 Å². The van der Waals surface area contributed by atoms with Gasteiger partial charge in [-0.15, -0.1) is 0 Å². The fraction of sp³-hybridized carbons (Fsp3) is 0.680. The van der Waals surface area contributed by atoms with Gasteiger partial charge in [0.2, 0.25) is 17.7 Å². The molecule has 3 saturated heterocycles. The molecule has 3 aliphatic heterocycles. The van der Waals surface area contributed by atoms with Gasteiger partial charge in [-0.2, -0.15) is 0 Å². The smallest absolute Gasteiger partial charge is 0.235 e. The van der Waals surface area contributed by atoms with Crippen LogP contribution in [-0.2, 0) is 14.4 Å². The monoisotopic (exact) mass is 440 g/mol. The molecule has 3 fully saturated rings. The van der Waals surface area contributed by atoms with Gasteiger partial charge in [0.25, 0.3) is 0 Å². The highest BCUT2D eigenvalue weighted by atomic mass is 16.2. The lowest BCUT2D eigenvalue weighted by Gasteiger charge is -2.45. The zero-order valence-corrected chi connectivity index (χ0v) is 19.6. The summed E-state index contributed by atoms with van der Waals surface area (Å²) in [6, 6.07) is 4.24. The Morgan fingerprint density at radius 1 is 1.03 bits per heavy atom. The van der Waals surface area contributed by atoms with E-state index in [1.54, 1.807) is 0 Å². The number of carbonyl (C=O) groups is 3. The zero-order chi connectivity index (χ0) is 22.9. The number of aromatic nitrogens is 1. The summed E-state index contributed by atoms with van der Waals surface area (Å²) >= 11 is 0. The summed E-state index contributed by atoms with van der Waals surface area (Å²) < 4.78 is 0. The molecule has 0 aliphatic carbocycles. The Hall–Kier alpha value is -2.44. The Labute approximate surface area is 190 Å². The molecule has 0 spiro atoms. The molecule has 3 amide bonds. The van der Waals surface area contributed by atoms with E-state index in [4.69, 9.17) is 0 Å². The zero-order valence-electron chi connectivity index (χ0n) is 19.6. The third kappa shape index (κ3) is 4.81. The van der Waals surface area contributed by atoms with Crippen LogP contribution >= 0.6 is 0 Å². The first-order valence-corrected chi connectivity index (χ1v) is 12.1. The molecule has 3 aliphatic rings. The summed E-state index contributed by atoms with van der Waals surface area (Å²) in [6.07, 6.45) is 7.85. The van der Waals surface area contributed by atoms with Gasteiger partial charge < -0.3 is 9.80 Å². The lowest BCUT2D eigenvalue weighted by molar-refractivity contribution is -0.143. The van der Waals surface area contributed by atoms with E-state index in [2.05, 4.69) is 40.9 Å². The Bertz CT molecular complexity index is 853. The quantitative estimate of drug-likeness (QED) is 0.730. The Morgan fingerprint density at radius 2 is 1.78 bits per heavy atom. The van der Waals surface area contributed by atoms with Gasteiger partial charge >= 0.3 is 0 Å². The fourth-order valence-corrected chi connectivity index (χ4v) is 5.48. The number of nitrogens with zero attached hydrogens (tertiary/aromatic N) is 3. The van der Waals surface area contributed by atoms with Crippen molar-refractivity contribution >= 4 is 23.4 Å². The van der Waals surface area contributed by atoms with Gasteiger partial charge in [0, 0.05) is 38.0 Å². The minimum atomic E-state index is -0.356. The van der Waals surface area contributed by atoms with Gasteiger partial charge in [-0.1, -0.05) is 20.8 Å². The first kappa shape index (κ1) is 22.7.